The summed E-state index contributed by atoms with van der Waals surface area (Å²) in [5, 5.41) is 3.44. The molecule has 5 heteroatoms. The number of hydrogen-bond donors (Lipinski definition) is 1. The van der Waals surface area contributed by atoms with Crippen LogP contribution in [0.1, 0.15) is 43.0 Å². The van der Waals surface area contributed by atoms with E-state index in [2.05, 4.69) is 28.8 Å². The molecule has 1 saturated heterocycles. The Labute approximate surface area is 126 Å². The second kappa shape index (κ2) is 7.61. The van der Waals surface area contributed by atoms with E-state index in [0.717, 1.165) is 12.3 Å². The molecule has 0 spiro atoms. The maximum absolute atomic E-state index is 11.3. The third kappa shape index (κ3) is 4.32. The van der Waals surface area contributed by atoms with E-state index in [9.17, 15) is 4.79 Å². The van der Waals surface area contributed by atoms with Gasteiger partial charge in [-0.05, 0) is 44.0 Å². The number of rotatable bonds is 7. The lowest BCUT2D eigenvalue weighted by Crippen LogP contribution is -2.44. The predicted molar refractivity (Wildman–Crippen MR) is 81.2 cm³/mol. The Balaban J connectivity index is 1.81. The molecule has 1 aliphatic heterocycles. The van der Waals surface area contributed by atoms with E-state index < -0.39 is 5.97 Å². The average Bonchev–Trinajstić information content (AvgIpc) is 3.13. The number of esters is 1. The highest BCUT2D eigenvalue weighted by Crippen LogP contribution is 2.17. The highest BCUT2D eigenvalue weighted by Gasteiger charge is 2.24. The molecule has 1 aromatic rings. The van der Waals surface area contributed by atoms with Crippen molar-refractivity contribution in [3.8, 4) is 0 Å². The highest BCUT2D eigenvalue weighted by atomic mass is 16.5. The third-order valence-electron chi connectivity index (χ3n) is 4.08. The third-order valence-corrected chi connectivity index (χ3v) is 4.08. The van der Waals surface area contributed by atoms with E-state index in [1.807, 2.05) is 6.07 Å². The molecule has 118 valence electrons. The van der Waals surface area contributed by atoms with Crippen molar-refractivity contribution in [3.05, 3.63) is 23.7 Å². The fourth-order valence-corrected chi connectivity index (χ4v) is 2.89. The number of methoxy groups -OCH3 is 1. The van der Waals surface area contributed by atoms with Crippen LogP contribution in [0.4, 0.5) is 0 Å². The summed E-state index contributed by atoms with van der Waals surface area (Å²) in [5.74, 6) is 1.21. The second-order valence-electron chi connectivity index (χ2n) is 5.94. The van der Waals surface area contributed by atoms with E-state index in [1.54, 1.807) is 6.07 Å². The van der Waals surface area contributed by atoms with Crippen LogP contribution in [0.25, 0.3) is 0 Å². The molecule has 0 bridgehead atoms. The SMILES string of the molecule is COC(=O)c1ccc(CNCC(C(C)C)N2CCCC2)o1. The number of likely N-dealkylation sites (tertiary alicyclic amines) is 1. The zero-order chi connectivity index (χ0) is 15.2. The van der Waals surface area contributed by atoms with Crippen molar-refractivity contribution in [2.75, 3.05) is 26.7 Å². The van der Waals surface area contributed by atoms with Crippen LogP contribution < -0.4 is 5.32 Å². The van der Waals surface area contributed by atoms with Gasteiger partial charge in [-0.15, -0.1) is 0 Å². The minimum Gasteiger partial charge on any atom is -0.463 e. The van der Waals surface area contributed by atoms with Gasteiger partial charge in [-0.25, -0.2) is 4.79 Å². The second-order valence-corrected chi connectivity index (χ2v) is 5.94. The molecule has 5 nitrogen and oxygen atoms in total. The van der Waals surface area contributed by atoms with Gasteiger partial charge in [0.25, 0.3) is 0 Å². The number of carbonyl (C=O) groups is 1. The molecule has 0 aliphatic carbocycles. The summed E-state index contributed by atoms with van der Waals surface area (Å²) in [6, 6.07) is 4.03. The molecule has 1 aromatic heterocycles. The molecule has 2 heterocycles. The number of hydrogen-bond acceptors (Lipinski definition) is 5. The number of ether oxygens (including phenoxy) is 1. The van der Waals surface area contributed by atoms with Gasteiger partial charge < -0.3 is 14.5 Å². The standard InChI is InChI=1S/C16H26N2O3/c1-12(2)14(18-8-4-5-9-18)11-17-10-13-6-7-15(21-13)16(19)20-3/h6-7,12,14,17H,4-5,8-11H2,1-3H3. The van der Waals surface area contributed by atoms with Crippen LogP contribution in [0.3, 0.4) is 0 Å². The van der Waals surface area contributed by atoms with E-state index >= 15 is 0 Å². The maximum atomic E-state index is 11.3. The molecule has 1 unspecified atom stereocenters. The molecule has 0 aromatic carbocycles. The molecule has 0 saturated carbocycles. The lowest BCUT2D eigenvalue weighted by Gasteiger charge is -2.31. The number of furan rings is 1. The van der Waals surface area contributed by atoms with Crippen LogP contribution in [0.5, 0.6) is 0 Å². The first kappa shape index (κ1) is 16.0. The van der Waals surface area contributed by atoms with E-state index in [0.29, 0.717) is 18.5 Å². The monoisotopic (exact) mass is 294 g/mol. The molecule has 1 N–H and O–H groups in total. The van der Waals surface area contributed by atoms with Gasteiger partial charge in [0.05, 0.1) is 13.7 Å². The van der Waals surface area contributed by atoms with Crippen LogP contribution in [0.2, 0.25) is 0 Å². The summed E-state index contributed by atoms with van der Waals surface area (Å²) in [7, 11) is 1.35. The van der Waals surface area contributed by atoms with E-state index in [1.165, 1.54) is 33.0 Å². The summed E-state index contributed by atoms with van der Waals surface area (Å²) in [4.78, 5) is 13.9. The fraction of sp³-hybridized carbons (Fsp3) is 0.688. The Morgan fingerprint density at radius 1 is 1.38 bits per heavy atom. The molecule has 0 amide bonds. The van der Waals surface area contributed by atoms with Gasteiger partial charge in [0.15, 0.2) is 0 Å². The number of carbonyl (C=O) groups excluding carboxylic acids is 1. The molecular formula is C16H26N2O3. The summed E-state index contributed by atoms with van der Waals surface area (Å²) >= 11 is 0. The van der Waals surface area contributed by atoms with Crippen LogP contribution in [-0.4, -0.2) is 43.7 Å². The Morgan fingerprint density at radius 3 is 2.71 bits per heavy atom. The van der Waals surface area contributed by atoms with E-state index in [4.69, 9.17) is 4.42 Å². The van der Waals surface area contributed by atoms with Crippen molar-refractivity contribution in [1.29, 1.82) is 0 Å². The maximum Gasteiger partial charge on any atom is 0.373 e. The molecule has 21 heavy (non-hydrogen) atoms. The topological polar surface area (TPSA) is 54.7 Å². The molecule has 1 atom stereocenters. The molecular weight excluding hydrogens is 268 g/mol. The minimum absolute atomic E-state index is 0.259. The Morgan fingerprint density at radius 2 is 2.10 bits per heavy atom. The first-order valence-corrected chi connectivity index (χ1v) is 7.73. The first-order chi connectivity index (χ1) is 10.1. The largest absolute Gasteiger partial charge is 0.463 e. The van der Waals surface area contributed by atoms with Gasteiger partial charge >= 0.3 is 5.97 Å². The Hall–Kier alpha value is -1.33. The molecule has 2 rings (SSSR count). The van der Waals surface area contributed by atoms with Crippen molar-refractivity contribution in [2.45, 2.75) is 39.3 Å². The van der Waals surface area contributed by atoms with Crippen molar-refractivity contribution >= 4 is 5.97 Å². The summed E-state index contributed by atoms with van der Waals surface area (Å²) < 4.78 is 10.1. The van der Waals surface area contributed by atoms with Gasteiger partial charge in [-0.3, -0.25) is 4.90 Å². The molecule has 1 fully saturated rings. The quantitative estimate of drug-likeness (QED) is 0.782. The van der Waals surface area contributed by atoms with Crippen molar-refractivity contribution in [2.24, 2.45) is 5.92 Å². The molecule has 1 aliphatic rings. The summed E-state index contributed by atoms with van der Waals surface area (Å²) in [6.45, 7) is 8.52. The average molecular weight is 294 g/mol. The summed E-state index contributed by atoms with van der Waals surface area (Å²) in [6.07, 6.45) is 2.62. The van der Waals surface area contributed by atoms with Crippen molar-refractivity contribution in [1.82, 2.24) is 10.2 Å². The van der Waals surface area contributed by atoms with Crippen molar-refractivity contribution in [3.63, 3.8) is 0 Å². The van der Waals surface area contributed by atoms with Crippen LogP contribution in [0.15, 0.2) is 16.5 Å². The lowest BCUT2D eigenvalue weighted by atomic mass is 10.0. The van der Waals surface area contributed by atoms with Gasteiger partial charge in [0.1, 0.15) is 5.76 Å². The van der Waals surface area contributed by atoms with Crippen LogP contribution >= 0.6 is 0 Å². The zero-order valence-corrected chi connectivity index (χ0v) is 13.2. The first-order valence-electron chi connectivity index (χ1n) is 7.73. The fourth-order valence-electron chi connectivity index (χ4n) is 2.89. The minimum atomic E-state index is -0.432. The molecule has 0 radical (unpaired) electrons. The Bertz CT molecular complexity index is 450. The summed E-state index contributed by atoms with van der Waals surface area (Å²) in [5.41, 5.74) is 0. The zero-order valence-electron chi connectivity index (χ0n) is 13.2. The smallest absolute Gasteiger partial charge is 0.373 e. The van der Waals surface area contributed by atoms with Crippen LogP contribution in [0, 0.1) is 5.92 Å². The number of nitrogens with zero attached hydrogens (tertiary/aromatic N) is 1. The normalized spacial score (nSPS) is 17.3. The number of nitrogens with one attached hydrogen (secondary N) is 1. The van der Waals surface area contributed by atoms with Crippen molar-refractivity contribution < 1.29 is 13.9 Å². The van der Waals surface area contributed by atoms with Gasteiger partial charge in [0, 0.05) is 12.6 Å². The highest BCUT2D eigenvalue weighted by molar-refractivity contribution is 5.86. The van der Waals surface area contributed by atoms with E-state index in [-0.39, 0.29) is 5.76 Å². The van der Waals surface area contributed by atoms with Gasteiger partial charge in [-0.1, -0.05) is 13.8 Å². The van der Waals surface area contributed by atoms with Gasteiger partial charge in [-0.2, -0.15) is 0 Å². The van der Waals surface area contributed by atoms with Crippen LogP contribution in [-0.2, 0) is 11.3 Å². The van der Waals surface area contributed by atoms with Gasteiger partial charge in [0.2, 0.25) is 5.76 Å². The lowest BCUT2D eigenvalue weighted by molar-refractivity contribution is 0.0562. The predicted octanol–water partition coefficient (Wildman–Crippen LogP) is 2.28. The Kier molecular flexibility index (Phi) is 5.82.